The van der Waals surface area contributed by atoms with Crippen LogP contribution >= 0.6 is 0 Å². The van der Waals surface area contributed by atoms with Crippen molar-refractivity contribution in [1.29, 1.82) is 0 Å². The summed E-state index contributed by atoms with van der Waals surface area (Å²) >= 11 is 0. The summed E-state index contributed by atoms with van der Waals surface area (Å²) in [6.07, 6.45) is 6.83. The van der Waals surface area contributed by atoms with Gasteiger partial charge in [-0.3, -0.25) is 19.4 Å². The van der Waals surface area contributed by atoms with Crippen LogP contribution in [0.3, 0.4) is 0 Å². The Bertz CT molecular complexity index is 821. The molecule has 8 nitrogen and oxygen atoms in total. The Morgan fingerprint density at radius 2 is 1.76 bits per heavy atom. The SMILES string of the molecule is CNC(=O)CNC(=O)CN1C[C@]2(CC[C@@](NC)(c3ccccc3)CC2)N(CC2CCC2)C1O. The Kier molecular flexibility index (Phi) is 7.38. The van der Waals surface area contributed by atoms with E-state index in [2.05, 4.69) is 51.2 Å². The van der Waals surface area contributed by atoms with Crippen LogP contribution in [0.4, 0.5) is 0 Å². The third kappa shape index (κ3) is 4.94. The zero-order valence-corrected chi connectivity index (χ0v) is 20.0. The average Bonchev–Trinajstić information content (AvgIpc) is 3.06. The number of hydrogen-bond donors (Lipinski definition) is 4. The summed E-state index contributed by atoms with van der Waals surface area (Å²) in [6, 6.07) is 10.7. The smallest absolute Gasteiger partial charge is 0.239 e. The van der Waals surface area contributed by atoms with Gasteiger partial charge in [0.05, 0.1) is 13.1 Å². The Hall–Kier alpha value is -2.00. The molecule has 1 unspecified atom stereocenters. The lowest BCUT2D eigenvalue weighted by atomic mass is 9.68. The molecule has 1 atom stereocenters. The minimum atomic E-state index is -0.768. The number of carbonyl (C=O) groups excluding carboxylic acids is 2. The molecule has 3 aliphatic rings. The molecule has 0 radical (unpaired) electrons. The highest BCUT2D eigenvalue weighted by molar-refractivity contribution is 5.85. The monoisotopic (exact) mass is 457 g/mol. The maximum atomic E-state index is 12.5. The minimum absolute atomic E-state index is 0.0437. The molecule has 0 aromatic heterocycles. The number of likely N-dealkylation sites (N-methyl/N-ethyl adjacent to an activating group) is 1. The average molecular weight is 458 g/mol. The predicted octanol–water partition coefficient (Wildman–Crippen LogP) is 0.970. The van der Waals surface area contributed by atoms with Crippen LogP contribution in [0.1, 0.15) is 50.5 Å². The first-order valence-electron chi connectivity index (χ1n) is 12.3. The highest BCUT2D eigenvalue weighted by Crippen LogP contribution is 2.48. The summed E-state index contributed by atoms with van der Waals surface area (Å²) in [5.74, 6) is 0.164. The highest BCUT2D eigenvalue weighted by atomic mass is 16.3. The van der Waals surface area contributed by atoms with Gasteiger partial charge in [0.25, 0.3) is 0 Å². The summed E-state index contributed by atoms with van der Waals surface area (Å²) < 4.78 is 0. The molecule has 2 aliphatic carbocycles. The number of nitrogens with one attached hydrogen (secondary N) is 3. The molecule has 1 saturated heterocycles. The van der Waals surface area contributed by atoms with Gasteiger partial charge in [0.15, 0.2) is 6.35 Å². The lowest BCUT2D eigenvalue weighted by molar-refractivity contribution is -0.131. The van der Waals surface area contributed by atoms with Gasteiger partial charge < -0.3 is 21.1 Å². The summed E-state index contributed by atoms with van der Waals surface area (Å²) in [6.45, 7) is 1.60. The van der Waals surface area contributed by atoms with Crippen molar-refractivity contribution in [2.75, 3.05) is 40.3 Å². The molecule has 1 heterocycles. The fraction of sp³-hybridized carbons (Fsp3) is 0.680. The number of nitrogens with zero attached hydrogens (tertiary/aromatic N) is 2. The Morgan fingerprint density at radius 1 is 1.06 bits per heavy atom. The van der Waals surface area contributed by atoms with Gasteiger partial charge in [0, 0.05) is 31.2 Å². The molecule has 1 aromatic carbocycles. The largest absolute Gasteiger partial charge is 0.365 e. The number of carbonyl (C=O) groups is 2. The zero-order valence-electron chi connectivity index (χ0n) is 20.0. The first-order valence-corrected chi connectivity index (χ1v) is 12.3. The Labute approximate surface area is 197 Å². The van der Waals surface area contributed by atoms with Gasteiger partial charge in [-0.15, -0.1) is 0 Å². The van der Waals surface area contributed by atoms with Crippen LogP contribution in [0.2, 0.25) is 0 Å². The van der Waals surface area contributed by atoms with Crippen molar-refractivity contribution in [1.82, 2.24) is 25.8 Å². The maximum Gasteiger partial charge on any atom is 0.239 e. The molecule has 1 aromatic rings. The van der Waals surface area contributed by atoms with Crippen molar-refractivity contribution < 1.29 is 14.7 Å². The van der Waals surface area contributed by atoms with Crippen LogP contribution in [-0.2, 0) is 15.1 Å². The van der Waals surface area contributed by atoms with Crippen LogP contribution in [-0.4, -0.2) is 78.9 Å². The predicted molar refractivity (Wildman–Crippen MR) is 127 cm³/mol. The second-order valence-electron chi connectivity index (χ2n) is 10.1. The highest BCUT2D eigenvalue weighted by Gasteiger charge is 2.54. The van der Waals surface area contributed by atoms with Crippen LogP contribution in [0.15, 0.2) is 30.3 Å². The number of aliphatic hydroxyl groups is 1. The number of benzene rings is 1. The lowest BCUT2D eigenvalue weighted by Crippen LogP contribution is -2.57. The summed E-state index contributed by atoms with van der Waals surface area (Å²) in [5.41, 5.74) is 1.13. The quantitative estimate of drug-likeness (QED) is 0.465. The van der Waals surface area contributed by atoms with Crippen molar-refractivity contribution in [3.05, 3.63) is 35.9 Å². The summed E-state index contributed by atoms with van der Waals surface area (Å²) in [4.78, 5) is 28.1. The maximum absolute atomic E-state index is 12.5. The van der Waals surface area contributed by atoms with E-state index in [0.717, 1.165) is 32.2 Å². The van der Waals surface area contributed by atoms with Crippen LogP contribution in [0, 0.1) is 5.92 Å². The van der Waals surface area contributed by atoms with E-state index < -0.39 is 6.35 Å². The molecule has 33 heavy (non-hydrogen) atoms. The van der Waals surface area contributed by atoms with Crippen LogP contribution in [0.5, 0.6) is 0 Å². The van der Waals surface area contributed by atoms with Gasteiger partial charge in [-0.25, -0.2) is 0 Å². The standard InChI is InChI=1S/C25H39N5O3/c1-26-21(31)15-28-22(32)17-29-18-24(30(23(29)33)16-19-7-6-8-19)11-13-25(27-2,14-12-24)20-9-4-3-5-10-20/h3-5,9-10,19,23,27,33H,6-8,11-18H2,1-2H3,(H,26,31)(H,28,32)/t23?,24-,25+. The van der Waals surface area contributed by atoms with E-state index in [1.807, 2.05) is 11.9 Å². The van der Waals surface area contributed by atoms with E-state index in [1.165, 1.54) is 24.8 Å². The van der Waals surface area contributed by atoms with E-state index in [1.54, 1.807) is 7.05 Å². The van der Waals surface area contributed by atoms with E-state index in [4.69, 9.17) is 0 Å². The molecular weight excluding hydrogens is 418 g/mol. The number of aliphatic hydroxyl groups excluding tert-OH is 1. The minimum Gasteiger partial charge on any atom is -0.365 e. The topological polar surface area (TPSA) is 96.9 Å². The molecule has 1 aliphatic heterocycles. The van der Waals surface area contributed by atoms with Crippen LogP contribution < -0.4 is 16.0 Å². The normalized spacial score (nSPS) is 30.8. The van der Waals surface area contributed by atoms with Crippen molar-refractivity contribution in [3.63, 3.8) is 0 Å². The molecule has 1 spiro atoms. The molecular formula is C25H39N5O3. The van der Waals surface area contributed by atoms with Gasteiger partial charge in [-0.2, -0.15) is 0 Å². The van der Waals surface area contributed by atoms with Crippen molar-refractivity contribution in [3.8, 4) is 0 Å². The van der Waals surface area contributed by atoms with Crippen molar-refractivity contribution in [2.24, 2.45) is 5.92 Å². The Morgan fingerprint density at radius 3 is 2.33 bits per heavy atom. The molecule has 4 rings (SSSR count). The van der Waals surface area contributed by atoms with Gasteiger partial charge in [0.1, 0.15) is 0 Å². The number of hydrogen-bond acceptors (Lipinski definition) is 6. The van der Waals surface area contributed by atoms with E-state index in [0.29, 0.717) is 12.5 Å². The van der Waals surface area contributed by atoms with E-state index in [-0.39, 0.29) is 36.0 Å². The van der Waals surface area contributed by atoms with Gasteiger partial charge in [0.2, 0.25) is 11.8 Å². The van der Waals surface area contributed by atoms with Crippen molar-refractivity contribution in [2.45, 2.75) is 62.4 Å². The third-order valence-electron chi connectivity index (χ3n) is 8.30. The van der Waals surface area contributed by atoms with Gasteiger partial charge >= 0.3 is 0 Å². The third-order valence-corrected chi connectivity index (χ3v) is 8.30. The van der Waals surface area contributed by atoms with E-state index in [9.17, 15) is 14.7 Å². The fourth-order valence-corrected chi connectivity index (χ4v) is 5.91. The summed E-state index contributed by atoms with van der Waals surface area (Å²) in [5, 5.41) is 20.1. The number of amides is 2. The first-order chi connectivity index (χ1) is 15.9. The van der Waals surface area contributed by atoms with Crippen molar-refractivity contribution >= 4 is 11.8 Å². The molecule has 3 fully saturated rings. The lowest BCUT2D eigenvalue weighted by Gasteiger charge is -2.50. The molecule has 2 amide bonds. The zero-order chi connectivity index (χ0) is 23.5. The first kappa shape index (κ1) is 24.1. The molecule has 2 saturated carbocycles. The van der Waals surface area contributed by atoms with Crippen LogP contribution in [0.25, 0.3) is 0 Å². The molecule has 182 valence electrons. The Balaban J connectivity index is 1.48. The molecule has 8 heteroatoms. The van der Waals surface area contributed by atoms with E-state index >= 15 is 0 Å². The van der Waals surface area contributed by atoms with Gasteiger partial charge in [-0.1, -0.05) is 36.8 Å². The fourth-order valence-electron chi connectivity index (χ4n) is 5.91. The molecule has 0 bridgehead atoms. The second kappa shape index (κ2) is 10.1. The second-order valence-corrected chi connectivity index (χ2v) is 10.1. The summed E-state index contributed by atoms with van der Waals surface area (Å²) in [7, 11) is 3.59. The molecule has 4 N–H and O–H groups in total. The van der Waals surface area contributed by atoms with Gasteiger partial charge in [-0.05, 0) is 57.1 Å². The number of rotatable bonds is 8.